The largest absolute Gasteiger partial charge is 0.448 e. The fourth-order valence-corrected chi connectivity index (χ4v) is 1.79. The van der Waals surface area contributed by atoms with E-state index in [0.717, 1.165) is 5.56 Å². The third-order valence-electron chi connectivity index (χ3n) is 3.14. The van der Waals surface area contributed by atoms with Gasteiger partial charge >= 0.3 is 6.03 Å². The normalized spacial score (nSPS) is 11.8. The van der Waals surface area contributed by atoms with E-state index in [2.05, 4.69) is 11.8 Å². The molecular formula is C18H18N2O3. The lowest BCUT2D eigenvalue weighted by Gasteiger charge is -2.14. The first kappa shape index (κ1) is 16.4. The van der Waals surface area contributed by atoms with Gasteiger partial charge in [-0.2, -0.15) is 5.06 Å². The van der Waals surface area contributed by atoms with Crippen molar-refractivity contribution in [3.05, 3.63) is 59.0 Å². The summed E-state index contributed by atoms with van der Waals surface area (Å²) in [5, 5.41) is 9.69. The van der Waals surface area contributed by atoms with Gasteiger partial charge in [0.2, 0.25) is 0 Å². The standard InChI is InChI=1S/C18H18N2O3/c1-13-3-6-15(7-4-13)8-10-17-12-11-16(23-17)9-5-14(2)20(22)18(19)21/h3-4,6-8,10-12,14,22H,1-2H3,(H2,19,21). The highest BCUT2D eigenvalue weighted by molar-refractivity contribution is 5.71. The van der Waals surface area contributed by atoms with Crippen molar-refractivity contribution in [1.82, 2.24) is 5.06 Å². The molecule has 0 bridgehead atoms. The lowest BCUT2D eigenvalue weighted by atomic mass is 10.1. The summed E-state index contributed by atoms with van der Waals surface area (Å²) < 4.78 is 5.54. The van der Waals surface area contributed by atoms with Crippen molar-refractivity contribution in [3.63, 3.8) is 0 Å². The summed E-state index contributed by atoms with van der Waals surface area (Å²) in [4.78, 5) is 10.8. The molecule has 0 spiro atoms. The Labute approximate surface area is 135 Å². The van der Waals surface area contributed by atoms with Crippen molar-refractivity contribution >= 4 is 18.2 Å². The molecule has 1 heterocycles. The van der Waals surface area contributed by atoms with Crippen molar-refractivity contribution in [1.29, 1.82) is 0 Å². The van der Waals surface area contributed by atoms with Crippen LogP contribution in [0.2, 0.25) is 0 Å². The number of rotatable bonds is 3. The number of hydrogen-bond donors (Lipinski definition) is 2. The summed E-state index contributed by atoms with van der Waals surface area (Å²) in [5.41, 5.74) is 7.23. The van der Waals surface area contributed by atoms with E-state index in [1.807, 2.05) is 43.3 Å². The third kappa shape index (κ3) is 4.77. The van der Waals surface area contributed by atoms with E-state index >= 15 is 0 Å². The van der Waals surface area contributed by atoms with Crippen LogP contribution in [0.3, 0.4) is 0 Å². The average molecular weight is 310 g/mol. The summed E-state index contributed by atoms with van der Waals surface area (Å²) in [7, 11) is 0. The second-order valence-corrected chi connectivity index (χ2v) is 5.07. The van der Waals surface area contributed by atoms with Gasteiger partial charge < -0.3 is 10.2 Å². The fraction of sp³-hybridized carbons (Fsp3) is 0.167. The van der Waals surface area contributed by atoms with Gasteiger partial charge in [0.05, 0.1) is 0 Å². The minimum atomic E-state index is -0.951. The fourth-order valence-electron chi connectivity index (χ4n) is 1.79. The SMILES string of the molecule is Cc1ccc(C=Cc2ccc(C#CC(C)N(O)C(N)=O)o2)cc1. The molecule has 1 unspecified atom stereocenters. The molecule has 0 radical (unpaired) electrons. The average Bonchev–Trinajstić information content (AvgIpc) is 2.99. The number of aryl methyl sites for hydroxylation is 1. The Balaban J connectivity index is 2.04. The minimum Gasteiger partial charge on any atom is -0.448 e. The van der Waals surface area contributed by atoms with Crippen LogP contribution in [-0.4, -0.2) is 22.3 Å². The van der Waals surface area contributed by atoms with Crippen molar-refractivity contribution in [2.75, 3.05) is 0 Å². The molecule has 0 aliphatic carbocycles. The number of carbonyl (C=O) groups is 1. The van der Waals surface area contributed by atoms with E-state index < -0.39 is 12.1 Å². The maximum atomic E-state index is 10.8. The Bertz CT molecular complexity index is 764. The molecule has 2 aromatic rings. The number of carbonyl (C=O) groups excluding carboxylic acids is 1. The first-order valence-electron chi connectivity index (χ1n) is 7.09. The van der Waals surface area contributed by atoms with Crippen LogP contribution in [-0.2, 0) is 0 Å². The van der Waals surface area contributed by atoms with E-state index in [-0.39, 0.29) is 0 Å². The van der Waals surface area contributed by atoms with Crippen molar-refractivity contribution in [2.45, 2.75) is 19.9 Å². The van der Waals surface area contributed by atoms with Crippen molar-refractivity contribution in [3.8, 4) is 11.8 Å². The predicted molar refractivity (Wildman–Crippen MR) is 88.4 cm³/mol. The van der Waals surface area contributed by atoms with E-state index in [0.29, 0.717) is 16.6 Å². The van der Waals surface area contributed by atoms with Gasteiger partial charge in [-0.05, 0) is 43.5 Å². The number of nitrogens with zero attached hydrogens (tertiary/aromatic N) is 1. The number of primary amides is 1. The molecule has 118 valence electrons. The van der Waals surface area contributed by atoms with Crippen LogP contribution >= 0.6 is 0 Å². The van der Waals surface area contributed by atoms with E-state index in [1.54, 1.807) is 19.1 Å². The number of amides is 2. The van der Waals surface area contributed by atoms with E-state index in [9.17, 15) is 10.0 Å². The zero-order valence-electron chi connectivity index (χ0n) is 13.0. The Morgan fingerprint density at radius 2 is 1.96 bits per heavy atom. The number of hydrogen-bond acceptors (Lipinski definition) is 3. The van der Waals surface area contributed by atoms with Crippen molar-refractivity contribution < 1.29 is 14.4 Å². The van der Waals surface area contributed by atoms with Crippen LogP contribution in [0, 0.1) is 18.8 Å². The number of furan rings is 1. The summed E-state index contributed by atoms with van der Waals surface area (Å²) in [6.07, 6.45) is 3.79. The monoisotopic (exact) mass is 310 g/mol. The first-order chi connectivity index (χ1) is 11.0. The molecule has 0 saturated heterocycles. The Kier molecular flexibility index (Phi) is 5.23. The van der Waals surface area contributed by atoms with Gasteiger partial charge in [0.1, 0.15) is 11.8 Å². The molecule has 1 aromatic heterocycles. The topological polar surface area (TPSA) is 79.7 Å². The van der Waals surface area contributed by atoms with Gasteiger partial charge in [0.15, 0.2) is 5.76 Å². The third-order valence-corrected chi connectivity index (χ3v) is 3.14. The van der Waals surface area contributed by atoms with E-state index in [4.69, 9.17) is 10.2 Å². The number of nitrogens with two attached hydrogens (primary N) is 1. The Morgan fingerprint density at radius 1 is 1.26 bits per heavy atom. The van der Waals surface area contributed by atoms with Crippen LogP contribution in [0.5, 0.6) is 0 Å². The highest BCUT2D eigenvalue weighted by Gasteiger charge is 2.11. The molecule has 0 aliphatic rings. The first-order valence-corrected chi connectivity index (χ1v) is 7.09. The second-order valence-electron chi connectivity index (χ2n) is 5.07. The summed E-state index contributed by atoms with van der Waals surface area (Å²) in [6.45, 7) is 3.59. The van der Waals surface area contributed by atoms with Crippen LogP contribution in [0.15, 0.2) is 40.8 Å². The van der Waals surface area contributed by atoms with Gasteiger partial charge in [-0.15, -0.1) is 0 Å². The quantitative estimate of drug-likeness (QED) is 0.519. The van der Waals surface area contributed by atoms with Crippen molar-refractivity contribution in [2.24, 2.45) is 5.73 Å². The number of hydroxylamine groups is 2. The highest BCUT2D eigenvalue weighted by atomic mass is 16.5. The second kappa shape index (κ2) is 7.34. The number of benzene rings is 1. The van der Waals surface area contributed by atoms with Crippen LogP contribution < -0.4 is 5.73 Å². The van der Waals surface area contributed by atoms with Gasteiger partial charge in [-0.25, -0.2) is 4.79 Å². The molecule has 1 aromatic carbocycles. The molecule has 3 N–H and O–H groups in total. The minimum absolute atomic E-state index is 0.369. The van der Waals surface area contributed by atoms with Gasteiger partial charge in [0, 0.05) is 0 Å². The molecule has 5 heteroatoms. The van der Waals surface area contributed by atoms with Crippen LogP contribution in [0.1, 0.15) is 29.6 Å². The Morgan fingerprint density at radius 3 is 2.61 bits per heavy atom. The van der Waals surface area contributed by atoms with Crippen LogP contribution in [0.4, 0.5) is 4.79 Å². The summed E-state index contributed by atoms with van der Waals surface area (Å²) in [6, 6.07) is 9.98. The smallest absolute Gasteiger partial charge is 0.339 e. The maximum absolute atomic E-state index is 10.8. The molecule has 0 fully saturated rings. The predicted octanol–water partition coefficient (Wildman–Crippen LogP) is 3.27. The molecule has 2 rings (SSSR count). The molecule has 5 nitrogen and oxygen atoms in total. The van der Waals surface area contributed by atoms with Gasteiger partial charge in [-0.3, -0.25) is 5.21 Å². The Hall–Kier alpha value is -2.97. The molecular weight excluding hydrogens is 292 g/mol. The van der Waals surface area contributed by atoms with Gasteiger partial charge in [-0.1, -0.05) is 41.8 Å². The summed E-state index contributed by atoms with van der Waals surface area (Å²) in [5.74, 6) is 6.53. The highest BCUT2D eigenvalue weighted by Crippen LogP contribution is 2.12. The van der Waals surface area contributed by atoms with E-state index in [1.165, 1.54) is 5.56 Å². The molecule has 0 saturated carbocycles. The van der Waals surface area contributed by atoms with Gasteiger partial charge in [0.25, 0.3) is 0 Å². The zero-order valence-corrected chi connectivity index (χ0v) is 13.0. The summed E-state index contributed by atoms with van der Waals surface area (Å²) >= 11 is 0. The number of urea groups is 1. The lowest BCUT2D eigenvalue weighted by Crippen LogP contribution is -2.38. The maximum Gasteiger partial charge on any atom is 0.339 e. The van der Waals surface area contributed by atoms with Crippen LogP contribution in [0.25, 0.3) is 12.2 Å². The zero-order chi connectivity index (χ0) is 16.8. The lowest BCUT2D eigenvalue weighted by molar-refractivity contribution is -0.0536. The molecule has 2 amide bonds. The molecule has 23 heavy (non-hydrogen) atoms. The molecule has 0 aliphatic heterocycles. The molecule has 1 atom stereocenters.